The van der Waals surface area contributed by atoms with Crippen LogP contribution in [0.2, 0.25) is 0 Å². The second-order valence-corrected chi connectivity index (χ2v) is 4.02. The maximum absolute atomic E-state index is 12.5. The molecule has 0 spiro atoms. The minimum atomic E-state index is -4.60. The topological polar surface area (TPSA) is 73.1 Å². The van der Waals surface area contributed by atoms with Crippen LogP contribution in [0, 0.1) is 0 Å². The third kappa shape index (κ3) is 3.22. The summed E-state index contributed by atoms with van der Waals surface area (Å²) in [5, 5.41) is 2.78. The lowest BCUT2D eigenvalue weighted by Gasteiger charge is -2.13. The summed E-state index contributed by atoms with van der Waals surface area (Å²) in [6.07, 6.45) is -2.74. The van der Waals surface area contributed by atoms with Crippen LogP contribution in [0.15, 0.2) is 6.07 Å². The van der Waals surface area contributed by atoms with Gasteiger partial charge in [-0.05, 0) is 12.8 Å². The molecule has 0 aliphatic carbocycles. The molecule has 1 fully saturated rings. The first-order chi connectivity index (χ1) is 8.45. The van der Waals surface area contributed by atoms with Gasteiger partial charge < -0.3 is 15.8 Å². The zero-order chi connectivity index (χ0) is 13.2. The van der Waals surface area contributed by atoms with E-state index >= 15 is 0 Å². The second kappa shape index (κ2) is 4.97. The van der Waals surface area contributed by atoms with E-state index in [-0.39, 0.29) is 17.7 Å². The SMILES string of the molecule is Nc1cc(NCC2CCCO2)nc(C(F)(F)F)n1. The maximum Gasteiger partial charge on any atom is 0.451 e. The zero-order valence-electron chi connectivity index (χ0n) is 9.50. The highest BCUT2D eigenvalue weighted by molar-refractivity contribution is 5.45. The molecular formula is C10H13F3N4O. The van der Waals surface area contributed by atoms with Gasteiger partial charge in [0.2, 0.25) is 5.82 Å². The molecule has 0 radical (unpaired) electrons. The quantitative estimate of drug-likeness (QED) is 0.866. The Hall–Kier alpha value is -1.57. The number of hydrogen-bond donors (Lipinski definition) is 2. The van der Waals surface area contributed by atoms with E-state index in [0.29, 0.717) is 13.2 Å². The molecule has 0 aromatic carbocycles. The fourth-order valence-corrected chi connectivity index (χ4v) is 1.71. The Morgan fingerprint density at radius 3 is 2.83 bits per heavy atom. The van der Waals surface area contributed by atoms with Crippen LogP contribution in [-0.4, -0.2) is 29.2 Å². The van der Waals surface area contributed by atoms with Gasteiger partial charge in [-0.3, -0.25) is 0 Å². The summed E-state index contributed by atoms with van der Waals surface area (Å²) in [5.74, 6) is -1.39. The molecule has 2 rings (SSSR count). The highest BCUT2D eigenvalue weighted by atomic mass is 19.4. The fraction of sp³-hybridized carbons (Fsp3) is 0.600. The van der Waals surface area contributed by atoms with E-state index in [9.17, 15) is 13.2 Å². The molecule has 5 nitrogen and oxygen atoms in total. The van der Waals surface area contributed by atoms with E-state index in [0.717, 1.165) is 12.8 Å². The minimum Gasteiger partial charge on any atom is -0.384 e. The molecule has 8 heteroatoms. The molecular weight excluding hydrogens is 249 g/mol. The number of anilines is 2. The number of halogens is 3. The summed E-state index contributed by atoms with van der Waals surface area (Å²) in [7, 11) is 0. The van der Waals surface area contributed by atoms with Crippen LogP contribution in [0.3, 0.4) is 0 Å². The van der Waals surface area contributed by atoms with Gasteiger partial charge in [-0.15, -0.1) is 0 Å². The van der Waals surface area contributed by atoms with Crippen molar-refractivity contribution >= 4 is 11.6 Å². The van der Waals surface area contributed by atoms with Gasteiger partial charge in [0.15, 0.2) is 0 Å². The third-order valence-electron chi connectivity index (χ3n) is 2.53. The van der Waals surface area contributed by atoms with Crippen LogP contribution in [0.1, 0.15) is 18.7 Å². The van der Waals surface area contributed by atoms with E-state index in [4.69, 9.17) is 10.5 Å². The Morgan fingerprint density at radius 1 is 1.44 bits per heavy atom. The summed E-state index contributed by atoms with van der Waals surface area (Å²) in [6.45, 7) is 1.10. The van der Waals surface area contributed by atoms with Crippen molar-refractivity contribution in [3.05, 3.63) is 11.9 Å². The van der Waals surface area contributed by atoms with Crippen molar-refractivity contribution in [2.75, 3.05) is 24.2 Å². The first-order valence-electron chi connectivity index (χ1n) is 5.52. The van der Waals surface area contributed by atoms with Gasteiger partial charge in [0, 0.05) is 19.2 Å². The molecule has 1 aromatic rings. The average Bonchev–Trinajstić information content (AvgIpc) is 2.77. The van der Waals surface area contributed by atoms with E-state index in [1.54, 1.807) is 0 Å². The summed E-state index contributed by atoms with van der Waals surface area (Å²) in [4.78, 5) is 6.54. The van der Waals surface area contributed by atoms with Gasteiger partial charge in [0.25, 0.3) is 0 Å². The fourth-order valence-electron chi connectivity index (χ4n) is 1.71. The smallest absolute Gasteiger partial charge is 0.384 e. The zero-order valence-corrected chi connectivity index (χ0v) is 9.50. The molecule has 0 saturated carbocycles. The molecule has 3 N–H and O–H groups in total. The van der Waals surface area contributed by atoms with Crippen molar-refractivity contribution in [1.29, 1.82) is 0 Å². The van der Waals surface area contributed by atoms with Crippen molar-refractivity contribution in [3.8, 4) is 0 Å². The largest absolute Gasteiger partial charge is 0.451 e. The monoisotopic (exact) mass is 262 g/mol. The first kappa shape index (κ1) is 12.9. The van der Waals surface area contributed by atoms with Crippen LogP contribution in [-0.2, 0) is 10.9 Å². The highest BCUT2D eigenvalue weighted by Gasteiger charge is 2.35. The predicted octanol–water partition coefficient (Wildman–Crippen LogP) is 1.67. The summed E-state index contributed by atoms with van der Waals surface area (Å²) in [5.41, 5.74) is 5.32. The lowest BCUT2D eigenvalue weighted by molar-refractivity contribution is -0.144. The van der Waals surface area contributed by atoms with Crippen LogP contribution >= 0.6 is 0 Å². The number of nitrogens with one attached hydrogen (secondary N) is 1. The van der Waals surface area contributed by atoms with Gasteiger partial charge in [-0.2, -0.15) is 13.2 Å². The van der Waals surface area contributed by atoms with Crippen molar-refractivity contribution in [2.45, 2.75) is 25.1 Å². The first-order valence-corrected chi connectivity index (χ1v) is 5.52. The molecule has 18 heavy (non-hydrogen) atoms. The van der Waals surface area contributed by atoms with E-state index in [1.807, 2.05) is 0 Å². The third-order valence-corrected chi connectivity index (χ3v) is 2.53. The lowest BCUT2D eigenvalue weighted by atomic mass is 10.2. The Kier molecular flexibility index (Phi) is 3.55. The van der Waals surface area contributed by atoms with E-state index < -0.39 is 12.0 Å². The number of aromatic nitrogens is 2. The van der Waals surface area contributed by atoms with Crippen molar-refractivity contribution in [1.82, 2.24) is 9.97 Å². The van der Waals surface area contributed by atoms with Gasteiger partial charge in [-0.1, -0.05) is 0 Å². The van der Waals surface area contributed by atoms with Crippen LogP contribution in [0.4, 0.5) is 24.8 Å². The molecule has 1 aromatic heterocycles. The summed E-state index contributed by atoms with van der Waals surface area (Å²) < 4.78 is 42.7. The van der Waals surface area contributed by atoms with Crippen molar-refractivity contribution in [2.24, 2.45) is 0 Å². The Balaban J connectivity index is 2.05. The van der Waals surface area contributed by atoms with Crippen molar-refractivity contribution in [3.63, 3.8) is 0 Å². The van der Waals surface area contributed by atoms with E-state index in [1.165, 1.54) is 6.07 Å². The molecule has 0 bridgehead atoms. The molecule has 2 heterocycles. The molecule has 1 aliphatic heterocycles. The molecule has 1 saturated heterocycles. The molecule has 0 amide bonds. The standard InChI is InChI=1S/C10H13F3N4O/c11-10(12,13)9-16-7(14)4-8(17-9)15-5-6-2-1-3-18-6/h4,6H,1-3,5H2,(H3,14,15,16,17). The minimum absolute atomic E-state index is 0.00975. The predicted molar refractivity (Wildman–Crippen MR) is 58.9 cm³/mol. The normalized spacial score (nSPS) is 20.1. The number of hydrogen-bond acceptors (Lipinski definition) is 5. The number of nitrogens with two attached hydrogens (primary N) is 1. The molecule has 1 unspecified atom stereocenters. The second-order valence-electron chi connectivity index (χ2n) is 4.02. The summed E-state index contributed by atoms with van der Waals surface area (Å²) >= 11 is 0. The average molecular weight is 262 g/mol. The number of nitrogens with zero attached hydrogens (tertiary/aromatic N) is 2. The molecule has 1 aliphatic rings. The molecule has 100 valence electrons. The Morgan fingerprint density at radius 2 is 2.22 bits per heavy atom. The highest BCUT2D eigenvalue weighted by Crippen LogP contribution is 2.27. The van der Waals surface area contributed by atoms with Crippen molar-refractivity contribution < 1.29 is 17.9 Å². The number of alkyl halides is 3. The lowest BCUT2D eigenvalue weighted by Crippen LogP contribution is -2.20. The maximum atomic E-state index is 12.5. The number of ether oxygens (including phenoxy) is 1. The Labute approximate surface area is 102 Å². The number of nitrogen functional groups attached to an aromatic ring is 1. The van der Waals surface area contributed by atoms with Crippen LogP contribution < -0.4 is 11.1 Å². The van der Waals surface area contributed by atoms with Gasteiger partial charge in [-0.25, -0.2) is 9.97 Å². The van der Waals surface area contributed by atoms with Crippen LogP contribution in [0.5, 0.6) is 0 Å². The molecule has 1 atom stereocenters. The van der Waals surface area contributed by atoms with Gasteiger partial charge in [0.1, 0.15) is 11.6 Å². The summed E-state index contributed by atoms with van der Waals surface area (Å²) in [6, 6.07) is 1.27. The van der Waals surface area contributed by atoms with Gasteiger partial charge >= 0.3 is 6.18 Å². The van der Waals surface area contributed by atoms with Gasteiger partial charge in [0.05, 0.1) is 6.10 Å². The number of rotatable bonds is 3. The Bertz CT molecular complexity index is 418. The van der Waals surface area contributed by atoms with Crippen LogP contribution in [0.25, 0.3) is 0 Å². The van der Waals surface area contributed by atoms with E-state index in [2.05, 4.69) is 15.3 Å².